The van der Waals surface area contributed by atoms with Crippen LogP contribution in [0.2, 0.25) is 5.02 Å². The van der Waals surface area contributed by atoms with Crippen LogP contribution in [0.4, 0.5) is 4.39 Å². The number of halogens is 2. The van der Waals surface area contributed by atoms with Gasteiger partial charge in [-0.25, -0.2) is 4.39 Å². The number of aliphatic imine (C=N–C) groups is 1. The summed E-state index contributed by atoms with van der Waals surface area (Å²) in [6.45, 7) is 5.34. The van der Waals surface area contributed by atoms with Crippen LogP contribution in [0, 0.1) is 5.82 Å². The maximum absolute atomic E-state index is 13.1. The molecule has 1 fully saturated rings. The zero-order valence-corrected chi connectivity index (χ0v) is 15.9. The summed E-state index contributed by atoms with van der Waals surface area (Å²) in [4.78, 5) is 17.7. The summed E-state index contributed by atoms with van der Waals surface area (Å²) in [6, 6.07) is 4.74. The number of nitrogens with one attached hydrogen (secondary N) is 2. The van der Waals surface area contributed by atoms with Crippen LogP contribution in [0.3, 0.4) is 0 Å². The molecule has 1 aromatic carbocycles. The van der Waals surface area contributed by atoms with Gasteiger partial charge in [-0.15, -0.1) is 0 Å². The van der Waals surface area contributed by atoms with E-state index in [1.54, 1.807) is 6.07 Å². The van der Waals surface area contributed by atoms with Crippen molar-refractivity contribution in [3.63, 3.8) is 0 Å². The third-order valence-corrected chi connectivity index (χ3v) is 4.67. The molecule has 144 valence electrons. The van der Waals surface area contributed by atoms with E-state index in [2.05, 4.69) is 20.5 Å². The number of rotatable bonds is 7. The Balaban J connectivity index is 1.84. The van der Waals surface area contributed by atoms with Crippen LogP contribution >= 0.6 is 11.6 Å². The maximum atomic E-state index is 13.1. The highest BCUT2D eigenvalue weighted by Gasteiger charge is 2.20. The number of carbonyl (C=O) groups is 1. The van der Waals surface area contributed by atoms with Gasteiger partial charge < -0.3 is 16.4 Å². The lowest BCUT2D eigenvalue weighted by Gasteiger charge is -2.32. The number of hydrogen-bond donors (Lipinski definition) is 3. The first-order valence-electron chi connectivity index (χ1n) is 8.97. The molecular formula is C18H27ClFN5O. The fraction of sp³-hybridized carbons (Fsp3) is 0.556. The molecule has 0 bridgehead atoms. The third kappa shape index (κ3) is 6.80. The van der Waals surface area contributed by atoms with Crippen molar-refractivity contribution in [2.75, 3.05) is 32.7 Å². The van der Waals surface area contributed by atoms with Crippen molar-refractivity contribution in [3.8, 4) is 0 Å². The van der Waals surface area contributed by atoms with Gasteiger partial charge in [0.15, 0.2) is 5.96 Å². The minimum Gasteiger partial charge on any atom is -0.369 e. The Hall–Kier alpha value is -1.86. The number of piperidine rings is 1. The van der Waals surface area contributed by atoms with Crippen molar-refractivity contribution in [1.29, 1.82) is 0 Å². The molecule has 26 heavy (non-hydrogen) atoms. The molecule has 0 unspecified atom stereocenters. The predicted octanol–water partition coefficient (Wildman–Crippen LogP) is 1.53. The van der Waals surface area contributed by atoms with Crippen LogP contribution in [0.25, 0.3) is 0 Å². The Morgan fingerprint density at radius 2 is 2.15 bits per heavy atom. The minimum absolute atomic E-state index is 0.286. The van der Waals surface area contributed by atoms with E-state index in [1.165, 1.54) is 12.1 Å². The van der Waals surface area contributed by atoms with Crippen molar-refractivity contribution in [2.24, 2.45) is 10.7 Å². The number of carbonyl (C=O) groups excluding carboxylic acids is 1. The number of likely N-dealkylation sites (tertiary alicyclic amines) is 1. The van der Waals surface area contributed by atoms with Crippen LogP contribution in [-0.4, -0.2) is 55.5 Å². The van der Waals surface area contributed by atoms with E-state index in [1.807, 2.05) is 6.92 Å². The lowest BCUT2D eigenvalue weighted by atomic mass is 10.1. The Bertz CT molecular complexity index is 632. The van der Waals surface area contributed by atoms with E-state index in [9.17, 15) is 9.18 Å². The minimum atomic E-state index is -0.333. The number of primary amides is 1. The summed E-state index contributed by atoms with van der Waals surface area (Å²) in [5.41, 5.74) is 6.13. The summed E-state index contributed by atoms with van der Waals surface area (Å²) in [7, 11) is 0. The molecule has 0 aliphatic carbocycles. The summed E-state index contributed by atoms with van der Waals surface area (Å²) in [5, 5.41) is 7.12. The Morgan fingerprint density at radius 1 is 1.42 bits per heavy atom. The quantitative estimate of drug-likeness (QED) is 0.492. The van der Waals surface area contributed by atoms with Gasteiger partial charge in [0.1, 0.15) is 5.82 Å². The van der Waals surface area contributed by atoms with Crippen molar-refractivity contribution < 1.29 is 9.18 Å². The first kappa shape index (κ1) is 20.5. The summed E-state index contributed by atoms with van der Waals surface area (Å²) in [6.07, 6.45) is 2.51. The number of nitrogens with zero attached hydrogens (tertiary/aromatic N) is 2. The van der Waals surface area contributed by atoms with Crippen molar-refractivity contribution in [3.05, 3.63) is 34.6 Å². The highest BCUT2D eigenvalue weighted by Crippen LogP contribution is 2.17. The number of nitrogens with two attached hydrogens (primary N) is 1. The first-order valence-corrected chi connectivity index (χ1v) is 9.35. The number of guanidine groups is 1. The van der Waals surface area contributed by atoms with Crippen LogP contribution in [0.1, 0.15) is 25.3 Å². The molecule has 1 heterocycles. The molecule has 8 heteroatoms. The highest BCUT2D eigenvalue weighted by molar-refractivity contribution is 6.31. The molecular weight excluding hydrogens is 357 g/mol. The lowest BCUT2D eigenvalue weighted by Crippen LogP contribution is -2.49. The fourth-order valence-corrected chi connectivity index (χ4v) is 3.24. The number of hydrogen-bond acceptors (Lipinski definition) is 3. The van der Waals surface area contributed by atoms with Crippen LogP contribution < -0.4 is 16.4 Å². The van der Waals surface area contributed by atoms with Crippen molar-refractivity contribution in [2.45, 2.75) is 32.2 Å². The van der Waals surface area contributed by atoms with E-state index in [4.69, 9.17) is 17.3 Å². The van der Waals surface area contributed by atoms with Gasteiger partial charge in [-0.2, -0.15) is 0 Å². The Morgan fingerprint density at radius 3 is 2.77 bits per heavy atom. The second kappa shape index (κ2) is 10.3. The topological polar surface area (TPSA) is 82.8 Å². The first-order chi connectivity index (χ1) is 12.5. The molecule has 4 N–H and O–H groups in total. The van der Waals surface area contributed by atoms with Gasteiger partial charge in [-0.1, -0.05) is 17.7 Å². The second-order valence-corrected chi connectivity index (χ2v) is 6.81. The van der Waals surface area contributed by atoms with Crippen LogP contribution in [0.5, 0.6) is 0 Å². The SMILES string of the molecule is CCNC(=NCCc1ccc(F)cc1Cl)NC1CCN(CC(N)=O)CC1. The molecule has 6 nitrogen and oxygen atoms in total. The monoisotopic (exact) mass is 383 g/mol. The molecule has 1 aliphatic rings. The molecule has 1 saturated heterocycles. The number of benzene rings is 1. The Labute approximate surface area is 159 Å². The summed E-state index contributed by atoms with van der Waals surface area (Å²) in [5.74, 6) is 0.143. The fourth-order valence-electron chi connectivity index (χ4n) is 2.98. The molecule has 1 aliphatic heterocycles. The largest absolute Gasteiger partial charge is 0.369 e. The van der Waals surface area contributed by atoms with Crippen molar-refractivity contribution >= 4 is 23.5 Å². The standard InChI is InChI=1S/C18H27ClFN5O/c1-2-22-18(23-8-5-13-3-4-14(20)11-16(13)19)24-15-6-9-25(10-7-15)12-17(21)26/h3-4,11,15H,2,5-10,12H2,1H3,(H2,21,26)(H2,22,23,24). The van der Waals surface area contributed by atoms with E-state index in [0.717, 1.165) is 44.0 Å². The second-order valence-electron chi connectivity index (χ2n) is 6.41. The predicted molar refractivity (Wildman–Crippen MR) is 103 cm³/mol. The molecule has 0 radical (unpaired) electrons. The lowest BCUT2D eigenvalue weighted by molar-refractivity contribution is -0.119. The van der Waals surface area contributed by atoms with Crippen molar-refractivity contribution in [1.82, 2.24) is 15.5 Å². The highest BCUT2D eigenvalue weighted by atomic mass is 35.5. The van der Waals surface area contributed by atoms with Gasteiger partial charge in [0.25, 0.3) is 0 Å². The van der Waals surface area contributed by atoms with Gasteiger partial charge in [-0.05, 0) is 43.9 Å². The Kier molecular flexibility index (Phi) is 8.12. The van der Waals surface area contributed by atoms with Gasteiger partial charge in [-0.3, -0.25) is 14.7 Å². The van der Waals surface area contributed by atoms with E-state index < -0.39 is 0 Å². The molecule has 1 aromatic rings. The van der Waals surface area contributed by atoms with Gasteiger partial charge in [0.2, 0.25) is 5.91 Å². The maximum Gasteiger partial charge on any atom is 0.231 e. The molecule has 0 saturated carbocycles. The van der Waals surface area contributed by atoms with Crippen LogP contribution in [0.15, 0.2) is 23.2 Å². The number of amides is 1. The average molecular weight is 384 g/mol. The van der Waals surface area contributed by atoms with Gasteiger partial charge in [0.05, 0.1) is 6.54 Å². The molecule has 0 spiro atoms. The van der Waals surface area contributed by atoms with E-state index in [-0.39, 0.29) is 11.7 Å². The smallest absolute Gasteiger partial charge is 0.231 e. The average Bonchev–Trinajstić information content (AvgIpc) is 2.58. The summed E-state index contributed by atoms with van der Waals surface area (Å²) < 4.78 is 13.1. The third-order valence-electron chi connectivity index (χ3n) is 4.32. The molecule has 0 atom stereocenters. The zero-order chi connectivity index (χ0) is 18.9. The van der Waals surface area contributed by atoms with Gasteiger partial charge >= 0.3 is 0 Å². The molecule has 2 rings (SSSR count). The molecule has 1 amide bonds. The zero-order valence-electron chi connectivity index (χ0n) is 15.1. The van der Waals surface area contributed by atoms with E-state index in [0.29, 0.717) is 30.6 Å². The normalized spacial score (nSPS) is 16.5. The van der Waals surface area contributed by atoms with E-state index >= 15 is 0 Å². The molecule has 0 aromatic heterocycles. The van der Waals surface area contributed by atoms with Gasteiger partial charge in [0, 0.05) is 37.2 Å². The summed E-state index contributed by atoms with van der Waals surface area (Å²) >= 11 is 6.05. The van der Waals surface area contributed by atoms with Crippen LogP contribution in [-0.2, 0) is 11.2 Å².